The molecule has 1 fully saturated rings. The van der Waals surface area contributed by atoms with Gasteiger partial charge in [0.1, 0.15) is 0 Å². The van der Waals surface area contributed by atoms with Gasteiger partial charge in [0, 0.05) is 17.3 Å². The highest BCUT2D eigenvalue weighted by molar-refractivity contribution is 5.83. The van der Waals surface area contributed by atoms with Crippen molar-refractivity contribution in [2.45, 2.75) is 44.8 Å². The van der Waals surface area contributed by atoms with Crippen molar-refractivity contribution in [2.75, 3.05) is 5.32 Å². The predicted molar refractivity (Wildman–Crippen MR) is 95.9 cm³/mol. The van der Waals surface area contributed by atoms with Crippen LogP contribution in [0, 0.1) is 6.92 Å². The number of aromatic nitrogens is 3. The number of fused-ring (bicyclic) bond motifs is 1. The van der Waals surface area contributed by atoms with Gasteiger partial charge in [-0.15, -0.1) is 0 Å². The zero-order chi connectivity index (χ0) is 16.5. The normalized spacial score (nSPS) is 21.1. The number of anilines is 1. The molecule has 4 rings (SSSR count). The zero-order valence-corrected chi connectivity index (χ0v) is 13.8. The van der Waals surface area contributed by atoms with Crippen LogP contribution < -0.4 is 5.32 Å². The largest absolute Gasteiger partial charge is 0.393 e. The van der Waals surface area contributed by atoms with Crippen LogP contribution in [0.2, 0.25) is 0 Å². The molecule has 24 heavy (non-hydrogen) atoms. The van der Waals surface area contributed by atoms with E-state index in [1.165, 1.54) is 11.1 Å². The van der Waals surface area contributed by atoms with Crippen molar-refractivity contribution in [3.05, 3.63) is 42.1 Å². The number of rotatable bonds is 3. The maximum Gasteiger partial charge on any atom is 0.223 e. The third-order valence-electron chi connectivity index (χ3n) is 4.83. The maximum atomic E-state index is 9.60. The summed E-state index contributed by atoms with van der Waals surface area (Å²) in [5.74, 6) is 0.666. The number of nitrogens with one attached hydrogen (secondary N) is 2. The highest BCUT2D eigenvalue weighted by atomic mass is 16.3. The lowest BCUT2D eigenvalue weighted by Crippen LogP contribution is -2.28. The number of aliphatic hydroxyl groups excluding tert-OH is 1. The monoisotopic (exact) mass is 322 g/mol. The molecule has 1 aromatic carbocycles. The Morgan fingerprint density at radius 2 is 1.96 bits per heavy atom. The van der Waals surface area contributed by atoms with Crippen molar-refractivity contribution in [2.24, 2.45) is 0 Å². The van der Waals surface area contributed by atoms with E-state index in [1.54, 1.807) is 0 Å². The number of hydrogen-bond donors (Lipinski definition) is 3. The Bertz CT molecular complexity index is 849. The summed E-state index contributed by atoms with van der Waals surface area (Å²) in [6.45, 7) is 2.11. The van der Waals surface area contributed by atoms with Crippen LogP contribution in [0.5, 0.6) is 0 Å². The fraction of sp³-hybridized carbons (Fsp3) is 0.368. The van der Waals surface area contributed by atoms with Crippen LogP contribution in [-0.2, 0) is 0 Å². The Hall–Kier alpha value is -2.40. The molecule has 0 unspecified atom stereocenters. The number of aromatic amines is 1. The molecule has 0 amide bonds. The van der Waals surface area contributed by atoms with Crippen LogP contribution in [0.3, 0.4) is 0 Å². The minimum atomic E-state index is -0.146. The topological polar surface area (TPSA) is 73.8 Å². The molecule has 0 saturated heterocycles. The van der Waals surface area contributed by atoms with Gasteiger partial charge in [-0.05, 0) is 44.2 Å². The highest BCUT2D eigenvalue weighted by Crippen LogP contribution is 2.26. The quantitative estimate of drug-likeness (QED) is 0.688. The van der Waals surface area contributed by atoms with Gasteiger partial charge in [-0.25, -0.2) is 9.97 Å². The van der Waals surface area contributed by atoms with E-state index in [0.717, 1.165) is 42.4 Å². The molecule has 124 valence electrons. The van der Waals surface area contributed by atoms with Gasteiger partial charge in [0.25, 0.3) is 0 Å². The summed E-state index contributed by atoms with van der Waals surface area (Å²) in [5, 5.41) is 13.0. The number of nitrogens with zero attached hydrogens (tertiary/aromatic N) is 2. The van der Waals surface area contributed by atoms with E-state index in [2.05, 4.69) is 45.4 Å². The standard InChI is InChI=1S/C19H22N4O/c1-12-4-2-3-5-15(12)16-10-17-18(22-16)11-20-19(23-17)21-13-6-8-14(24)9-7-13/h2-5,10-11,13-14,22,24H,6-9H2,1H3,(H,20,21,23)/t13-,14+. The summed E-state index contributed by atoms with van der Waals surface area (Å²) in [4.78, 5) is 12.5. The molecule has 0 radical (unpaired) electrons. The van der Waals surface area contributed by atoms with Crippen molar-refractivity contribution < 1.29 is 5.11 Å². The second-order valence-corrected chi connectivity index (χ2v) is 6.64. The molecule has 1 aliphatic rings. The van der Waals surface area contributed by atoms with Crippen LogP contribution in [0.25, 0.3) is 22.3 Å². The fourth-order valence-corrected chi connectivity index (χ4v) is 3.41. The summed E-state index contributed by atoms with van der Waals surface area (Å²) >= 11 is 0. The predicted octanol–water partition coefficient (Wildman–Crippen LogP) is 3.65. The number of H-pyrrole nitrogens is 1. The van der Waals surface area contributed by atoms with Gasteiger partial charge >= 0.3 is 0 Å². The molecule has 3 aromatic rings. The summed E-state index contributed by atoms with van der Waals surface area (Å²) in [6, 6.07) is 10.7. The van der Waals surface area contributed by atoms with Crippen LogP contribution in [0.15, 0.2) is 36.5 Å². The number of aryl methyl sites for hydroxylation is 1. The van der Waals surface area contributed by atoms with Gasteiger partial charge < -0.3 is 15.4 Å². The Morgan fingerprint density at radius 3 is 2.75 bits per heavy atom. The van der Waals surface area contributed by atoms with E-state index in [1.807, 2.05) is 18.3 Å². The lowest BCUT2D eigenvalue weighted by molar-refractivity contribution is 0.126. The second-order valence-electron chi connectivity index (χ2n) is 6.64. The van der Waals surface area contributed by atoms with Crippen LogP contribution >= 0.6 is 0 Å². The summed E-state index contributed by atoms with van der Waals surface area (Å²) in [6.07, 6.45) is 5.31. The second kappa shape index (κ2) is 6.24. The fourth-order valence-electron chi connectivity index (χ4n) is 3.41. The Labute approximate surface area is 141 Å². The molecule has 5 nitrogen and oxygen atoms in total. The average molecular weight is 322 g/mol. The molecule has 0 spiro atoms. The van der Waals surface area contributed by atoms with Crippen LogP contribution in [-0.4, -0.2) is 32.2 Å². The van der Waals surface area contributed by atoms with E-state index in [4.69, 9.17) is 0 Å². The van der Waals surface area contributed by atoms with Crippen molar-refractivity contribution in [3.63, 3.8) is 0 Å². The van der Waals surface area contributed by atoms with Gasteiger partial charge in [-0.3, -0.25) is 0 Å². The molecule has 3 N–H and O–H groups in total. The first kappa shape index (κ1) is 15.1. The molecular weight excluding hydrogens is 300 g/mol. The smallest absolute Gasteiger partial charge is 0.223 e. The van der Waals surface area contributed by atoms with E-state index in [0.29, 0.717) is 12.0 Å². The van der Waals surface area contributed by atoms with E-state index in [-0.39, 0.29) is 6.10 Å². The lowest BCUT2D eigenvalue weighted by atomic mass is 9.93. The van der Waals surface area contributed by atoms with E-state index in [9.17, 15) is 5.11 Å². The molecule has 2 heterocycles. The van der Waals surface area contributed by atoms with E-state index >= 15 is 0 Å². The van der Waals surface area contributed by atoms with Gasteiger partial charge in [0.05, 0.1) is 23.3 Å². The maximum absolute atomic E-state index is 9.60. The van der Waals surface area contributed by atoms with Crippen LogP contribution in [0.1, 0.15) is 31.2 Å². The number of aliphatic hydroxyl groups is 1. The van der Waals surface area contributed by atoms with Crippen LogP contribution in [0.4, 0.5) is 5.95 Å². The number of benzene rings is 1. The first-order valence-corrected chi connectivity index (χ1v) is 8.55. The first-order valence-electron chi connectivity index (χ1n) is 8.55. The summed E-state index contributed by atoms with van der Waals surface area (Å²) in [5.41, 5.74) is 5.34. The summed E-state index contributed by atoms with van der Waals surface area (Å²) in [7, 11) is 0. The third kappa shape index (κ3) is 2.99. The van der Waals surface area contributed by atoms with Crippen molar-refractivity contribution >= 4 is 17.0 Å². The van der Waals surface area contributed by atoms with Gasteiger partial charge in [0.2, 0.25) is 5.95 Å². The Kier molecular flexibility index (Phi) is 3.94. The number of hydrogen-bond acceptors (Lipinski definition) is 4. The Morgan fingerprint density at radius 1 is 1.17 bits per heavy atom. The lowest BCUT2D eigenvalue weighted by Gasteiger charge is -2.26. The van der Waals surface area contributed by atoms with Crippen molar-refractivity contribution in [1.29, 1.82) is 0 Å². The Balaban J connectivity index is 1.58. The van der Waals surface area contributed by atoms with Crippen molar-refractivity contribution in [1.82, 2.24) is 15.0 Å². The molecule has 1 saturated carbocycles. The van der Waals surface area contributed by atoms with Gasteiger partial charge in [-0.1, -0.05) is 24.3 Å². The van der Waals surface area contributed by atoms with E-state index < -0.39 is 0 Å². The molecule has 0 bridgehead atoms. The minimum absolute atomic E-state index is 0.146. The molecule has 0 atom stereocenters. The van der Waals surface area contributed by atoms with Crippen molar-refractivity contribution in [3.8, 4) is 11.3 Å². The molecule has 1 aliphatic carbocycles. The average Bonchev–Trinajstić information content (AvgIpc) is 3.00. The molecule has 5 heteroatoms. The van der Waals surface area contributed by atoms with Gasteiger partial charge in [-0.2, -0.15) is 0 Å². The minimum Gasteiger partial charge on any atom is -0.393 e. The van der Waals surface area contributed by atoms with Gasteiger partial charge in [0.15, 0.2) is 0 Å². The highest BCUT2D eigenvalue weighted by Gasteiger charge is 2.20. The molecule has 2 aromatic heterocycles. The molecule has 0 aliphatic heterocycles. The summed E-state index contributed by atoms with van der Waals surface area (Å²) < 4.78 is 0. The zero-order valence-electron chi connectivity index (χ0n) is 13.8. The third-order valence-corrected chi connectivity index (χ3v) is 4.83. The first-order chi connectivity index (χ1) is 11.7. The molecular formula is C19H22N4O. The SMILES string of the molecule is Cc1ccccc1-c1cc2nc(N[C@H]3CC[C@@H](O)CC3)ncc2[nH]1.